The monoisotopic (exact) mass is 225 g/mol. The third-order valence-corrected chi connectivity index (χ3v) is 3.32. The van der Waals surface area contributed by atoms with Gasteiger partial charge in [-0.25, -0.2) is 0 Å². The van der Waals surface area contributed by atoms with E-state index in [9.17, 15) is 0 Å². The average Bonchev–Trinajstić information content (AvgIpc) is 3.10. The molecule has 1 aromatic rings. The molecule has 1 N–H and O–H groups in total. The van der Waals surface area contributed by atoms with Crippen LogP contribution in [0.15, 0.2) is 24.3 Å². The van der Waals surface area contributed by atoms with Gasteiger partial charge >= 0.3 is 0 Å². The first-order chi connectivity index (χ1) is 8.28. The molecule has 0 atom stereocenters. The Labute approximate surface area is 102 Å². The van der Waals surface area contributed by atoms with Crippen molar-refractivity contribution in [2.45, 2.75) is 25.7 Å². The first-order valence-corrected chi connectivity index (χ1v) is 5.85. The highest BCUT2D eigenvalue weighted by atomic mass is 14.9. The normalized spacial score (nSPS) is 15.6. The highest BCUT2D eigenvalue weighted by molar-refractivity contribution is 5.45. The zero-order chi connectivity index (χ0) is 12.1. The minimum Gasteiger partial charge on any atom is -0.384 e. The molecule has 2 rings (SSSR count). The zero-order valence-electron chi connectivity index (χ0n) is 9.74. The molecule has 1 aliphatic carbocycles. The van der Waals surface area contributed by atoms with Gasteiger partial charge in [0.05, 0.1) is 18.6 Å². The topological polar surface area (TPSA) is 59.6 Å². The maximum absolute atomic E-state index is 8.73. The second-order valence-electron chi connectivity index (χ2n) is 4.72. The lowest BCUT2D eigenvalue weighted by atomic mass is 10.0. The van der Waals surface area contributed by atoms with Crippen molar-refractivity contribution < 1.29 is 0 Å². The van der Waals surface area contributed by atoms with Crippen LogP contribution in [0.4, 0.5) is 5.69 Å². The van der Waals surface area contributed by atoms with Crippen LogP contribution in [0.1, 0.15) is 24.8 Å². The van der Waals surface area contributed by atoms with Gasteiger partial charge in [0.2, 0.25) is 0 Å². The van der Waals surface area contributed by atoms with Crippen molar-refractivity contribution in [1.29, 1.82) is 10.5 Å². The number of hydrogen-bond donors (Lipinski definition) is 1. The molecule has 0 amide bonds. The number of hydrogen-bond acceptors (Lipinski definition) is 3. The van der Waals surface area contributed by atoms with Crippen LogP contribution >= 0.6 is 0 Å². The van der Waals surface area contributed by atoms with Gasteiger partial charge < -0.3 is 5.32 Å². The van der Waals surface area contributed by atoms with E-state index in [0.29, 0.717) is 12.8 Å². The lowest BCUT2D eigenvalue weighted by Crippen LogP contribution is -2.14. The highest BCUT2D eigenvalue weighted by Crippen LogP contribution is 2.48. The number of nitriles is 2. The predicted octanol–water partition coefficient (Wildman–Crippen LogP) is 2.86. The Morgan fingerprint density at radius 1 is 1.12 bits per heavy atom. The van der Waals surface area contributed by atoms with Gasteiger partial charge in [-0.3, -0.25) is 0 Å². The Balaban J connectivity index is 1.88. The molecule has 86 valence electrons. The fourth-order valence-corrected chi connectivity index (χ4v) is 1.88. The summed E-state index contributed by atoms with van der Waals surface area (Å²) < 4.78 is 0. The molecule has 0 aromatic heterocycles. The van der Waals surface area contributed by atoms with Crippen molar-refractivity contribution >= 4 is 5.69 Å². The number of benzene rings is 1. The Morgan fingerprint density at radius 3 is 2.35 bits per heavy atom. The summed E-state index contributed by atoms with van der Waals surface area (Å²) >= 11 is 0. The van der Waals surface area contributed by atoms with E-state index in [1.807, 2.05) is 24.3 Å². The van der Waals surface area contributed by atoms with Gasteiger partial charge in [0, 0.05) is 24.1 Å². The summed E-state index contributed by atoms with van der Waals surface area (Å²) in [6, 6.07) is 12.3. The van der Waals surface area contributed by atoms with E-state index in [2.05, 4.69) is 17.5 Å². The van der Waals surface area contributed by atoms with Gasteiger partial charge in [-0.2, -0.15) is 10.5 Å². The summed E-state index contributed by atoms with van der Waals surface area (Å²) in [4.78, 5) is 0. The summed E-state index contributed by atoms with van der Waals surface area (Å²) in [5, 5.41) is 20.7. The van der Waals surface area contributed by atoms with Crippen molar-refractivity contribution in [3.8, 4) is 12.1 Å². The summed E-state index contributed by atoms with van der Waals surface area (Å²) in [7, 11) is 0. The van der Waals surface area contributed by atoms with Gasteiger partial charge in [-0.05, 0) is 30.5 Å². The number of rotatable bonds is 5. The van der Waals surface area contributed by atoms with E-state index < -0.39 is 0 Å². The van der Waals surface area contributed by atoms with Gasteiger partial charge in [-0.15, -0.1) is 0 Å². The lowest BCUT2D eigenvalue weighted by molar-refractivity contribution is 0.557. The number of nitrogens with one attached hydrogen (secondary N) is 1. The molecule has 3 nitrogen and oxygen atoms in total. The Morgan fingerprint density at radius 2 is 1.82 bits per heavy atom. The van der Waals surface area contributed by atoms with E-state index in [-0.39, 0.29) is 5.41 Å². The molecule has 1 aromatic carbocycles. The standard InChI is InChI=1S/C14H15N3/c15-9-5-12-1-3-13(4-2-12)17-11-14(6-7-14)8-10-16/h1-4,17H,5-8,11H2. The lowest BCUT2D eigenvalue weighted by Gasteiger charge is -2.13. The molecule has 1 fully saturated rings. The maximum Gasteiger partial charge on any atom is 0.0669 e. The third-order valence-electron chi connectivity index (χ3n) is 3.32. The summed E-state index contributed by atoms with van der Waals surface area (Å²) in [5.41, 5.74) is 2.33. The quantitative estimate of drug-likeness (QED) is 0.838. The van der Waals surface area contributed by atoms with Crippen molar-refractivity contribution in [2.75, 3.05) is 11.9 Å². The molecule has 17 heavy (non-hydrogen) atoms. The smallest absolute Gasteiger partial charge is 0.0669 e. The third kappa shape index (κ3) is 2.98. The molecule has 0 bridgehead atoms. The first kappa shape index (κ1) is 11.5. The van der Waals surface area contributed by atoms with Gasteiger partial charge in [0.15, 0.2) is 0 Å². The Hall–Kier alpha value is -2.00. The number of anilines is 1. The van der Waals surface area contributed by atoms with Gasteiger partial charge in [-0.1, -0.05) is 12.1 Å². The molecular formula is C14H15N3. The molecule has 0 aliphatic heterocycles. The van der Waals surface area contributed by atoms with Crippen LogP contribution in [0.5, 0.6) is 0 Å². The van der Waals surface area contributed by atoms with E-state index in [1.165, 1.54) is 0 Å². The highest BCUT2D eigenvalue weighted by Gasteiger charge is 2.41. The van der Waals surface area contributed by atoms with Crippen LogP contribution in [-0.2, 0) is 6.42 Å². The molecule has 3 heteroatoms. The van der Waals surface area contributed by atoms with Crippen LogP contribution in [0.25, 0.3) is 0 Å². The second kappa shape index (κ2) is 4.89. The van der Waals surface area contributed by atoms with Gasteiger partial charge in [0.25, 0.3) is 0 Å². The van der Waals surface area contributed by atoms with E-state index >= 15 is 0 Å². The zero-order valence-corrected chi connectivity index (χ0v) is 9.74. The molecule has 0 unspecified atom stereocenters. The minimum atomic E-state index is 0.222. The largest absolute Gasteiger partial charge is 0.384 e. The molecule has 0 radical (unpaired) electrons. The fourth-order valence-electron chi connectivity index (χ4n) is 1.88. The molecular weight excluding hydrogens is 210 g/mol. The maximum atomic E-state index is 8.73. The molecule has 1 saturated carbocycles. The van der Waals surface area contributed by atoms with E-state index in [0.717, 1.165) is 30.6 Å². The van der Waals surface area contributed by atoms with E-state index in [1.54, 1.807) is 0 Å². The van der Waals surface area contributed by atoms with Crippen molar-refractivity contribution in [3.63, 3.8) is 0 Å². The summed E-state index contributed by atoms with van der Waals surface area (Å²) in [5.74, 6) is 0. The van der Waals surface area contributed by atoms with Crippen LogP contribution in [0, 0.1) is 28.1 Å². The molecule has 1 aliphatic rings. The van der Waals surface area contributed by atoms with Crippen molar-refractivity contribution in [3.05, 3.63) is 29.8 Å². The van der Waals surface area contributed by atoms with Crippen LogP contribution in [-0.4, -0.2) is 6.54 Å². The minimum absolute atomic E-state index is 0.222. The predicted molar refractivity (Wildman–Crippen MR) is 66.1 cm³/mol. The Bertz CT molecular complexity index is 458. The molecule has 0 saturated heterocycles. The number of nitrogens with zero attached hydrogens (tertiary/aromatic N) is 2. The Kier molecular flexibility index (Phi) is 3.30. The summed E-state index contributed by atoms with van der Waals surface area (Å²) in [6.45, 7) is 0.873. The van der Waals surface area contributed by atoms with Crippen LogP contribution in [0.3, 0.4) is 0 Å². The summed E-state index contributed by atoms with van der Waals surface area (Å²) in [6.07, 6.45) is 3.41. The molecule has 0 heterocycles. The fraction of sp³-hybridized carbons (Fsp3) is 0.429. The second-order valence-corrected chi connectivity index (χ2v) is 4.72. The van der Waals surface area contributed by atoms with Crippen molar-refractivity contribution in [2.24, 2.45) is 5.41 Å². The first-order valence-electron chi connectivity index (χ1n) is 5.85. The van der Waals surface area contributed by atoms with Gasteiger partial charge in [0.1, 0.15) is 0 Å². The van der Waals surface area contributed by atoms with Crippen molar-refractivity contribution in [1.82, 2.24) is 0 Å². The van der Waals surface area contributed by atoms with Crippen LogP contribution in [0.2, 0.25) is 0 Å². The SMILES string of the molecule is N#CCc1ccc(NCC2(CC#N)CC2)cc1. The van der Waals surface area contributed by atoms with Crippen LogP contribution < -0.4 is 5.32 Å². The van der Waals surface area contributed by atoms with E-state index in [4.69, 9.17) is 10.5 Å². The molecule has 0 spiro atoms. The average molecular weight is 225 g/mol.